The van der Waals surface area contributed by atoms with Crippen LogP contribution in [0.2, 0.25) is 0 Å². The number of nitrogens with one attached hydrogen (secondary N) is 1. The van der Waals surface area contributed by atoms with Crippen molar-refractivity contribution in [2.24, 2.45) is 5.92 Å². The van der Waals surface area contributed by atoms with Crippen LogP contribution in [0, 0.1) is 12.8 Å². The van der Waals surface area contributed by atoms with Gasteiger partial charge in [-0.1, -0.05) is 12.1 Å². The Labute approximate surface area is 135 Å². The van der Waals surface area contributed by atoms with Crippen molar-refractivity contribution >= 4 is 5.91 Å². The van der Waals surface area contributed by atoms with Crippen LogP contribution in [0.4, 0.5) is 0 Å². The van der Waals surface area contributed by atoms with Crippen molar-refractivity contribution in [2.75, 3.05) is 19.8 Å². The summed E-state index contributed by atoms with van der Waals surface area (Å²) in [5.41, 5.74) is 1.73. The molecule has 7 nitrogen and oxygen atoms in total. The number of ether oxygens (including phenoxy) is 1. The first-order valence-corrected chi connectivity index (χ1v) is 7.90. The smallest absolute Gasteiger partial charge is 0.251 e. The second-order valence-electron chi connectivity index (χ2n) is 5.85. The molecule has 23 heavy (non-hydrogen) atoms. The summed E-state index contributed by atoms with van der Waals surface area (Å²) >= 11 is 0. The van der Waals surface area contributed by atoms with E-state index in [9.17, 15) is 4.79 Å². The molecular formula is C16H21N5O2. The lowest BCUT2D eigenvalue weighted by Crippen LogP contribution is -2.26. The van der Waals surface area contributed by atoms with E-state index in [1.807, 2.05) is 31.2 Å². The topological polar surface area (TPSA) is 81.9 Å². The third-order valence-electron chi connectivity index (χ3n) is 4.12. The minimum absolute atomic E-state index is 0.0333. The molecule has 1 saturated heterocycles. The van der Waals surface area contributed by atoms with Crippen molar-refractivity contribution in [2.45, 2.75) is 26.3 Å². The first-order chi connectivity index (χ1) is 11.2. The number of carbonyl (C=O) groups is 1. The van der Waals surface area contributed by atoms with Gasteiger partial charge < -0.3 is 10.1 Å². The van der Waals surface area contributed by atoms with Crippen LogP contribution in [0.3, 0.4) is 0 Å². The molecule has 122 valence electrons. The molecule has 7 heteroatoms. The van der Waals surface area contributed by atoms with E-state index in [1.165, 1.54) is 0 Å². The van der Waals surface area contributed by atoms with Crippen LogP contribution in [0.25, 0.3) is 0 Å². The van der Waals surface area contributed by atoms with Crippen molar-refractivity contribution < 1.29 is 9.53 Å². The highest BCUT2D eigenvalue weighted by Crippen LogP contribution is 2.15. The third-order valence-corrected chi connectivity index (χ3v) is 4.12. The van der Waals surface area contributed by atoms with Gasteiger partial charge >= 0.3 is 0 Å². The van der Waals surface area contributed by atoms with Crippen LogP contribution in [-0.4, -0.2) is 45.9 Å². The lowest BCUT2D eigenvalue weighted by atomic mass is 10.1. The van der Waals surface area contributed by atoms with Crippen LogP contribution >= 0.6 is 0 Å². The average molecular weight is 315 g/mol. The zero-order valence-corrected chi connectivity index (χ0v) is 13.2. The van der Waals surface area contributed by atoms with Crippen molar-refractivity contribution in [3.8, 4) is 0 Å². The minimum Gasteiger partial charge on any atom is -0.381 e. The summed E-state index contributed by atoms with van der Waals surface area (Å²) in [6.07, 6.45) is 2.07. The predicted octanol–water partition coefficient (Wildman–Crippen LogP) is 1.19. The Hall–Kier alpha value is -2.28. The molecule has 1 N–H and O–H groups in total. The van der Waals surface area contributed by atoms with E-state index in [0.29, 0.717) is 24.6 Å². The van der Waals surface area contributed by atoms with Gasteiger partial charge in [0.15, 0.2) is 0 Å². The Morgan fingerprint density at radius 1 is 1.39 bits per heavy atom. The Balaban J connectivity index is 1.49. The standard InChI is InChI=1S/C16H21N5O2/c1-12-18-19-20-21(12)10-13-2-4-15(5-3-13)16(22)17-8-6-14-7-9-23-11-14/h2-5,14H,6-11H2,1H3,(H,17,22)/t14-/m1/s1. The third kappa shape index (κ3) is 4.13. The van der Waals surface area contributed by atoms with Crippen LogP contribution in [0.1, 0.15) is 34.6 Å². The fourth-order valence-corrected chi connectivity index (χ4v) is 2.63. The summed E-state index contributed by atoms with van der Waals surface area (Å²) in [7, 11) is 0. The van der Waals surface area contributed by atoms with Gasteiger partial charge in [0.1, 0.15) is 5.82 Å². The Morgan fingerprint density at radius 2 is 2.22 bits per heavy atom. The van der Waals surface area contributed by atoms with Crippen LogP contribution < -0.4 is 5.32 Å². The molecule has 1 aliphatic rings. The first kappa shape index (κ1) is 15.6. The van der Waals surface area contributed by atoms with E-state index in [0.717, 1.165) is 37.4 Å². The van der Waals surface area contributed by atoms with Gasteiger partial charge in [-0.2, -0.15) is 0 Å². The lowest BCUT2D eigenvalue weighted by Gasteiger charge is -2.09. The molecule has 0 unspecified atom stereocenters. The van der Waals surface area contributed by atoms with Gasteiger partial charge in [0.2, 0.25) is 0 Å². The molecule has 1 aromatic carbocycles. The number of amides is 1. The van der Waals surface area contributed by atoms with Crippen molar-refractivity contribution in [3.05, 3.63) is 41.2 Å². The summed E-state index contributed by atoms with van der Waals surface area (Å²) in [4.78, 5) is 12.1. The molecule has 0 saturated carbocycles. The molecule has 1 atom stereocenters. The highest BCUT2D eigenvalue weighted by atomic mass is 16.5. The summed E-state index contributed by atoms with van der Waals surface area (Å²) in [5, 5.41) is 14.4. The highest BCUT2D eigenvalue weighted by Gasteiger charge is 2.15. The Bertz CT molecular complexity index is 647. The zero-order chi connectivity index (χ0) is 16.1. The van der Waals surface area contributed by atoms with Gasteiger partial charge in [0.25, 0.3) is 5.91 Å². The Morgan fingerprint density at radius 3 is 2.87 bits per heavy atom. The van der Waals surface area contributed by atoms with Crippen molar-refractivity contribution in [1.29, 1.82) is 0 Å². The number of hydrogen-bond acceptors (Lipinski definition) is 5. The van der Waals surface area contributed by atoms with Gasteiger partial charge in [0.05, 0.1) is 6.54 Å². The fourth-order valence-electron chi connectivity index (χ4n) is 2.63. The second kappa shape index (κ2) is 7.32. The molecule has 2 aromatic rings. The molecule has 1 aromatic heterocycles. The van der Waals surface area contributed by atoms with E-state index in [1.54, 1.807) is 4.68 Å². The maximum absolute atomic E-state index is 12.1. The van der Waals surface area contributed by atoms with E-state index >= 15 is 0 Å². The van der Waals surface area contributed by atoms with Gasteiger partial charge in [-0.3, -0.25) is 4.79 Å². The van der Waals surface area contributed by atoms with Gasteiger partial charge in [0, 0.05) is 25.3 Å². The van der Waals surface area contributed by atoms with E-state index < -0.39 is 0 Å². The lowest BCUT2D eigenvalue weighted by molar-refractivity contribution is 0.0950. The largest absolute Gasteiger partial charge is 0.381 e. The normalized spacial score (nSPS) is 17.3. The fraction of sp³-hybridized carbons (Fsp3) is 0.500. The van der Waals surface area contributed by atoms with Gasteiger partial charge in [-0.15, -0.1) is 5.10 Å². The number of benzene rings is 1. The summed E-state index contributed by atoms with van der Waals surface area (Å²) < 4.78 is 7.06. The SMILES string of the molecule is Cc1nnnn1Cc1ccc(C(=O)NCC[C@@H]2CCOC2)cc1. The van der Waals surface area contributed by atoms with E-state index in [2.05, 4.69) is 20.8 Å². The summed E-state index contributed by atoms with van der Waals surface area (Å²) in [6, 6.07) is 7.54. The number of aromatic nitrogens is 4. The second-order valence-corrected chi connectivity index (χ2v) is 5.85. The predicted molar refractivity (Wildman–Crippen MR) is 84.0 cm³/mol. The maximum atomic E-state index is 12.1. The molecule has 1 aliphatic heterocycles. The molecule has 1 amide bonds. The molecule has 1 fully saturated rings. The maximum Gasteiger partial charge on any atom is 0.251 e. The van der Waals surface area contributed by atoms with Crippen molar-refractivity contribution in [1.82, 2.24) is 25.5 Å². The monoisotopic (exact) mass is 315 g/mol. The zero-order valence-electron chi connectivity index (χ0n) is 13.2. The molecule has 0 aliphatic carbocycles. The van der Waals surface area contributed by atoms with Crippen LogP contribution in [-0.2, 0) is 11.3 Å². The number of aryl methyl sites for hydroxylation is 1. The first-order valence-electron chi connectivity index (χ1n) is 7.90. The number of nitrogens with zero attached hydrogens (tertiary/aromatic N) is 4. The quantitative estimate of drug-likeness (QED) is 0.866. The molecule has 0 spiro atoms. The number of carbonyl (C=O) groups excluding carboxylic acids is 1. The number of tetrazole rings is 1. The summed E-state index contributed by atoms with van der Waals surface area (Å²) in [6.45, 7) is 4.82. The van der Waals surface area contributed by atoms with Crippen molar-refractivity contribution in [3.63, 3.8) is 0 Å². The van der Waals surface area contributed by atoms with E-state index in [4.69, 9.17) is 4.74 Å². The highest BCUT2D eigenvalue weighted by molar-refractivity contribution is 5.94. The van der Waals surface area contributed by atoms with Crippen LogP contribution in [0.15, 0.2) is 24.3 Å². The number of rotatable bonds is 6. The number of hydrogen-bond donors (Lipinski definition) is 1. The molecule has 2 heterocycles. The van der Waals surface area contributed by atoms with Gasteiger partial charge in [-0.05, 0) is 53.8 Å². The molecule has 3 rings (SSSR count). The van der Waals surface area contributed by atoms with Gasteiger partial charge in [-0.25, -0.2) is 4.68 Å². The molecule has 0 radical (unpaired) electrons. The van der Waals surface area contributed by atoms with E-state index in [-0.39, 0.29) is 5.91 Å². The van der Waals surface area contributed by atoms with Crippen LogP contribution in [0.5, 0.6) is 0 Å². The summed E-state index contributed by atoms with van der Waals surface area (Å²) in [5.74, 6) is 1.31. The molecular weight excluding hydrogens is 294 g/mol. The minimum atomic E-state index is -0.0333. The Kier molecular flexibility index (Phi) is 4.97. The molecule has 0 bridgehead atoms. The average Bonchev–Trinajstić information content (AvgIpc) is 3.21.